The Labute approximate surface area is 120 Å². The van der Waals surface area contributed by atoms with Gasteiger partial charge in [0.1, 0.15) is 0 Å². The van der Waals surface area contributed by atoms with Crippen molar-refractivity contribution in [1.29, 1.82) is 0 Å². The summed E-state index contributed by atoms with van der Waals surface area (Å²) in [6.45, 7) is 2.35. The molecule has 1 aromatic rings. The van der Waals surface area contributed by atoms with Crippen LogP contribution in [-0.4, -0.2) is 40.0 Å². The van der Waals surface area contributed by atoms with E-state index in [0.717, 1.165) is 0 Å². The molecular formula is C13H15N3O5. The number of anilines is 1. The fourth-order valence-corrected chi connectivity index (χ4v) is 2.10. The minimum atomic E-state index is -0.876. The lowest BCUT2D eigenvalue weighted by atomic mass is 9.87. The van der Waals surface area contributed by atoms with E-state index in [1.165, 1.54) is 23.1 Å². The lowest BCUT2D eigenvalue weighted by Gasteiger charge is -2.40. The van der Waals surface area contributed by atoms with Gasteiger partial charge in [0.05, 0.1) is 10.8 Å². The van der Waals surface area contributed by atoms with Gasteiger partial charge in [-0.2, -0.15) is 0 Å². The molecular weight excluding hydrogens is 278 g/mol. The van der Waals surface area contributed by atoms with Gasteiger partial charge in [-0.05, 0) is 6.07 Å². The van der Waals surface area contributed by atoms with Gasteiger partial charge in [-0.1, -0.05) is 13.0 Å². The molecule has 1 unspecified atom stereocenters. The molecule has 0 radical (unpaired) electrons. The molecule has 0 aliphatic carbocycles. The van der Waals surface area contributed by atoms with Crippen LogP contribution in [0.3, 0.4) is 0 Å². The second-order valence-corrected chi connectivity index (χ2v) is 5.03. The lowest BCUT2D eigenvalue weighted by Crippen LogP contribution is -2.54. The molecule has 0 bridgehead atoms. The molecule has 112 valence electrons. The summed E-state index contributed by atoms with van der Waals surface area (Å²) in [5.74, 6) is -1.43. The monoisotopic (exact) mass is 293 g/mol. The Kier molecular flexibility index (Phi) is 4.06. The van der Waals surface area contributed by atoms with Gasteiger partial charge in [0.25, 0.3) is 5.69 Å². The zero-order chi connectivity index (χ0) is 15.6. The lowest BCUT2D eigenvalue weighted by molar-refractivity contribution is -0.384. The smallest absolute Gasteiger partial charge is 0.321 e. The number of nitro benzene ring substituents is 1. The van der Waals surface area contributed by atoms with Crippen LogP contribution in [0, 0.1) is 22.0 Å². The summed E-state index contributed by atoms with van der Waals surface area (Å²) in [6, 6.07) is 5.27. The van der Waals surface area contributed by atoms with Crippen LogP contribution in [0.2, 0.25) is 0 Å². The number of likely N-dealkylation sites (tertiary alicyclic amines) is 1. The van der Waals surface area contributed by atoms with Crippen LogP contribution in [-0.2, 0) is 4.79 Å². The van der Waals surface area contributed by atoms with E-state index in [2.05, 4.69) is 5.32 Å². The number of aliphatic carboxylic acids is 1. The number of nitrogens with zero attached hydrogens (tertiary/aromatic N) is 2. The number of carbonyl (C=O) groups excluding carboxylic acids is 1. The van der Waals surface area contributed by atoms with E-state index in [0.29, 0.717) is 18.8 Å². The molecule has 1 aliphatic rings. The molecule has 2 N–H and O–H groups in total. The number of benzene rings is 1. The minimum absolute atomic E-state index is 0.0571. The number of rotatable bonds is 4. The Balaban J connectivity index is 1.91. The van der Waals surface area contributed by atoms with E-state index in [4.69, 9.17) is 5.11 Å². The molecule has 1 aromatic carbocycles. The van der Waals surface area contributed by atoms with E-state index < -0.39 is 16.8 Å². The summed E-state index contributed by atoms with van der Waals surface area (Å²) in [5, 5.41) is 22.1. The maximum absolute atomic E-state index is 11.9. The Morgan fingerprint density at radius 1 is 1.48 bits per heavy atom. The van der Waals surface area contributed by atoms with Crippen molar-refractivity contribution in [3.63, 3.8) is 0 Å². The number of hydrogen-bond acceptors (Lipinski definition) is 4. The summed E-state index contributed by atoms with van der Waals surface area (Å²) in [6.07, 6.45) is 0. The van der Waals surface area contributed by atoms with Crippen LogP contribution in [0.25, 0.3) is 0 Å². The maximum atomic E-state index is 11.9. The fourth-order valence-electron chi connectivity index (χ4n) is 2.10. The number of nitro groups is 1. The molecule has 1 heterocycles. The summed E-state index contributed by atoms with van der Waals surface area (Å²) in [4.78, 5) is 34.3. The van der Waals surface area contributed by atoms with Gasteiger partial charge in [-0.3, -0.25) is 14.9 Å². The second kappa shape index (κ2) is 5.78. The van der Waals surface area contributed by atoms with Crippen LogP contribution in [0.15, 0.2) is 24.3 Å². The van der Waals surface area contributed by atoms with Crippen molar-refractivity contribution in [3.05, 3.63) is 34.4 Å². The maximum Gasteiger partial charge on any atom is 0.321 e. The van der Waals surface area contributed by atoms with Crippen LogP contribution in [0.5, 0.6) is 0 Å². The van der Waals surface area contributed by atoms with Gasteiger partial charge < -0.3 is 15.3 Å². The molecule has 8 nitrogen and oxygen atoms in total. The first-order chi connectivity index (χ1) is 9.88. The van der Waals surface area contributed by atoms with Crippen molar-refractivity contribution in [3.8, 4) is 0 Å². The summed E-state index contributed by atoms with van der Waals surface area (Å²) < 4.78 is 0. The molecule has 0 spiro atoms. The number of urea groups is 1. The Bertz CT molecular complexity index is 583. The highest BCUT2D eigenvalue weighted by molar-refractivity contribution is 5.90. The van der Waals surface area contributed by atoms with Crippen molar-refractivity contribution in [1.82, 2.24) is 4.90 Å². The first kappa shape index (κ1) is 14.8. The fraction of sp³-hybridized carbons (Fsp3) is 0.385. The van der Waals surface area contributed by atoms with E-state index in [1.54, 1.807) is 13.0 Å². The SMILES string of the molecule is CC(C(=O)O)C1CN(C(=O)Nc2cccc([N+](=O)[O-])c2)C1. The zero-order valence-corrected chi connectivity index (χ0v) is 11.4. The van der Waals surface area contributed by atoms with Crippen LogP contribution < -0.4 is 5.32 Å². The predicted molar refractivity (Wildman–Crippen MR) is 74.0 cm³/mol. The standard InChI is InChI=1S/C13H15N3O5/c1-8(12(17)18)9-6-15(7-9)13(19)14-10-3-2-4-11(5-10)16(20)21/h2-5,8-9H,6-7H2,1H3,(H,14,19)(H,17,18). The Morgan fingerprint density at radius 3 is 2.71 bits per heavy atom. The van der Waals surface area contributed by atoms with Crippen molar-refractivity contribution < 1.29 is 19.6 Å². The van der Waals surface area contributed by atoms with Gasteiger partial charge in [0, 0.05) is 36.8 Å². The first-order valence-electron chi connectivity index (χ1n) is 6.41. The van der Waals surface area contributed by atoms with Crippen molar-refractivity contribution in [2.24, 2.45) is 11.8 Å². The number of carboxylic acids is 1. The van der Waals surface area contributed by atoms with Crippen molar-refractivity contribution in [2.45, 2.75) is 6.92 Å². The van der Waals surface area contributed by atoms with Crippen LogP contribution >= 0.6 is 0 Å². The molecule has 2 amide bonds. The van der Waals surface area contributed by atoms with Crippen molar-refractivity contribution in [2.75, 3.05) is 18.4 Å². The van der Waals surface area contributed by atoms with E-state index in [1.807, 2.05) is 0 Å². The Morgan fingerprint density at radius 2 is 2.14 bits per heavy atom. The normalized spacial score (nSPS) is 16.0. The molecule has 1 aliphatic heterocycles. The second-order valence-electron chi connectivity index (χ2n) is 5.03. The van der Waals surface area contributed by atoms with Crippen LogP contribution in [0.1, 0.15) is 6.92 Å². The highest BCUT2D eigenvalue weighted by Crippen LogP contribution is 2.25. The van der Waals surface area contributed by atoms with E-state index in [9.17, 15) is 19.7 Å². The largest absolute Gasteiger partial charge is 0.481 e. The summed E-state index contributed by atoms with van der Waals surface area (Å²) in [7, 11) is 0. The van der Waals surface area contributed by atoms with Gasteiger partial charge in [0.2, 0.25) is 0 Å². The first-order valence-corrected chi connectivity index (χ1v) is 6.41. The predicted octanol–water partition coefficient (Wildman–Crippen LogP) is 1.78. The third-order valence-corrected chi connectivity index (χ3v) is 3.60. The van der Waals surface area contributed by atoms with Crippen molar-refractivity contribution >= 4 is 23.4 Å². The number of hydrogen-bond donors (Lipinski definition) is 2. The average Bonchev–Trinajstić information content (AvgIpc) is 2.36. The molecule has 1 fully saturated rings. The van der Waals surface area contributed by atoms with Gasteiger partial charge in [-0.25, -0.2) is 4.79 Å². The average molecular weight is 293 g/mol. The van der Waals surface area contributed by atoms with E-state index >= 15 is 0 Å². The molecule has 0 saturated carbocycles. The summed E-state index contributed by atoms with van der Waals surface area (Å²) >= 11 is 0. The Hall–Kier alpha value is -2.64. The highest BCUT2D eigenvalue weighted by atomic mass is 16.6. The molecule has 21 heavy (non-hydrogen) atoms. The number of carbonyl (C=O) groups is 2. The minimum Gasteiger partial charge on any atom is -0.481 e. The number of carboxylic acid groups (broad SMARTS) is 1. The number of non-ortho nitro benzene ring substituents is 1. The van der Waals surface area contributed by atoms with Crippen LogP contribution in [0.4, 0.5) is 16.2 Å². The van der Waals surface area contributed by atoms with Gasteiger partial charge in [0.15, 0.2) is 0 Å². The zero-order valence-electron chi connectivity index (χ0n) is 11.4. The molecule has 1 saturated heterocycles. The molecule has 0 aromatic heterocycles. The topological polar surface area (TPSA) is 113 Å². The number of nitrogens with one attached hydrogen (secondary N) is 1. The molecule has 1 atom stereocenters. The molecule has 2 rings (SSSR count). The highest BCUT2D eigenvalue weighted by Gasteiger charge is 2.37. The van der Waals surface area contributed by atoms with Gasteiger partial charge in [-0.15, -0.1) is 0 Å². The third kappa shape index (κ3) is 3.28. The van der Waals surface area contributed by atoms with E-state index in [-0.39, 0.29) is 17.6 Å². The third-order valence-electron chi connectivity index (χ3n) is 3.60. The molecule has 8 heteroatoms. The summed E-state index contributed by atoms with van der Waals surface area (Å²) in [5.41, 5.74) is 0.234. The quantitative estimate of drug-likeness (QED) is 0.649. The number of amides is 2. The van der Waals surface area contributed by atoms with Gasteiger partial charge >= 0.3 is 12.0 Å².